The van der Waals surface area contributed by atoms with Crippen molar-refractivity contribution in [2.24, 2.45) is 0 Å². The number of aromatic nitrogens is 1. The smallest absolute Gasteiger partial charge is 0.310 e. The molecule has 0 radical (unpaired) electrons. The van der Waals surface area contributed by atoms with Crippen molar-refractivity contribution in [2.75, 3.05) is 13.1 Å². The summed E-state index contributed by atoms with van der Waals surface area (Å²) in [6.45, 7) is 1.71. The standard InChI is InChI=1S/C9H11N3O2/c13-9(8-10-2-4-14-8)12-3-1-6-7(12)5-11-6/h2,4,6-7,11H,1,3,5H2. The van der Waals surface area contributed by atoms with E-state index < -0.39 is 0 Å². The topological polar surface area (TPSA) is 58.4 Å². The summed E-state index contributed by atoms with van der Waals surface area (Å²) in [5, 5.41) is 3.29. The SMILES string of the molecule is O=C(c1ncco1)N1CCC2NCC21. The van der Waals surface area contributed by atoms with Crippen molar-refractivity contribution < 1.29 is 9.21 Å². The fraction of sp³-hybridized carbons (Fsp3) is 0.556. The maximum atomic E-state index is 11.8. The lowest BCUT2D eigenvalue weighted by Crippen LogP contribution is -2.60. The van der Waals surface area contributed by atoms with E-state index in [2.05, 4.69) is 10.3 Å². The number of likely N-dealkylation sites (tertiary alicyclic amines) is 1. The summed E-state index contributed by atoms with van der Waals surface area (Å²) in [6, 6.07) is 0.850. The highest BCUT2D eigenvalue weighted by Crippen LogP contribution is 2.25. The first-order chi connectivity index (χ1) is 6.86. The Morgan fingerprint density at radius 2 is 2.64 bits per heavy atom. The van der Waals surface area contributed by atoms with E-state index in [-0.39, 0.29) is 11.8 Å². The second-order valence-corrected chi connectivity index (χ2v) is 3.71. The monoisotopic (exact) mass is 193 g/mol. The van der Waals surface area contributed by atoms with E-state index in [1.165, 1.54) is 12.5 Å². The fourth-order valence-corrected chi connectivity index (χ4v) is 2.16. The molecule has 0 aromatic carbocycles. The number of rotatable bonds is 1. The summed E-state index contributed by atoms with van der Waals surface area (Å²) in [6.07, 6.45) is 3.97. The van der Waals surface area contributed by atoms with E-state index >= 15 is 0 Å². The van der Waals surface area contributed by atoms with E-state index in [9.17, 15) is 4.79 Å². The molecule has 0 bridgehead atoms. The molecular weight excluding hydrogens is 182 g/mol. The number of hydrogen-bond acceptors (Lipinski definition) is 4. The van der Waals surface area contributed by atoms with E-state index in [1.807, 2.05) is 4.90 Å². The van der Waals surface area contributed by atoms with Gasteiger partial charge in [0.15, 0.2) is 0 Å². The van der Waals surface area contributed by atoms with Gasteiger partial charge in [-0.2, -0.15) is 0 Å². The average Bonchev–Trinajstić information content (AvgIpc) is 2.73. The molecule has 2 aliphatic rings. The van der Waals surface area contributed by atoms with Gasteiger partial charge in [0.2, 0.25) is 0 Å². The van der Waals surface area contributed by atoms with Crippen LogP contribution in [0.3, 0.4) is 0 Å². The summed E-state index contributed by atoms with van der Waals surface area (Å²) in [4.78, 5) is 17.6. The van der Waals surface area contributed by atoms with Crippen molar-refractivity contribution in [3.63, 3.8) is 0 Å². The summed E-state index contributed by atoms with van der Waals surface area (Å²) in [5.74, 6) is 0.126. The number of hydrogen-bond donors (Lipinski definition) is 1. The molecule has 0 aliphatic carbocycles. The van der Waals surface area contributed by atoms with Gasteiger partial charge in [-0.25, -0.2) is 4.98 Å². The first kappa shape index (κ1) is 7.99. The fourth-order valence-electron chi connectivity index (χ4n) is 2.16. The Kier molecular flexibility index (Phi) is 1.61. The van der Waals surface area contributed by atoms with Crippen LogP contribution in [0.15, 0.2) is 16.9 Å². The van der Waals surface area contributed by atoms with Crippen LogP contribution in [0.1, 0.15) is 17.1 Å². The van der Waals surface area contributed by atoms with Gasteiger partial charge in [0.1, 0.15) is 6.26 Å². The lowest BCUT2D eigenvalue weighted by atomic mass is 10.0. The van der Waals surface area contributed by atoms with Crippen LogP contribution >= 0.6 is 0 Å². The van der Waals surface area contributed by atoms with Crippen LogP contribution in [0, 0.1) is 0 Å². The van der Waals surface area contributed by atoms with Gasteiger partial charge in [-0.05, 0) is 6.42 Å². The number of fused-ring (bicyclic) bond motifs is 1. The lowest BCUT2D eigenvalue weighted by Gasteiger charge is -2.36. The van der Waals surface area contributed by atoms with Crippen molar-refractivity contribution in [3.05, 3.63) is 18.4 Å². The van der Waals surface area contributed by atoms with Gasteiger partial charge in [-0.1, -0.05) is 0 Å². The maximum absolute atomic E-state index is 11.8. The van der Waals surface area contributed by atoms with Gasteiger partial charge in [-0.3, -0.25) is 4.79 Å². The molecule has 3 rings (SSSR count). The molecule has 2 fully saturated rings. The number of carbonyl (C=O) groups excluding carboxylic acids is 1. The second-order valence-electron chi connectivity index (χ2n) is 3.71. The Labute approximate surface area is 81.1 Å². The minimum atomic E-state index is -0.0796. The van der Waals surface area contributed by atoms with Crippen molar-refractivity contribution >= 4 is 5.91 Å². The predicted octanol–water partition coefficient (Wildman–Crippen LogP) is -0.139. The normalized spacial score (nSPS) is 29.9. The van der Waals surface area contributed by atoms with E-state index in [1.54, 1.807) is 0 Å². The molecule has 1 aromatic heterocycles. The third-order valence-electron chi connectivity index (χ3n) is 3.01. The van der Waals surface area contributed by atoms with Crippen molar-refractivity contribution in [2.45, 2.75) is 18.5 Å². The van der Waals surface area contributed by atoms with E-state index in [0.29, 0.717) is 12.1 Å². The molecule has 2 saturated heterocycles. The zero-order valence-electron chi connectivity index (χ0n) is 7.64. The van der Waals surface area contributed by atoms with Crippen LogP contribution in [0.5, 0.6) is 0 Å². The molecule has 5 heteroatoms. The Bertz CT molecular complexity index is 349. The Balaban J connectivity index is 1.80. The van der Waals surface area contributed by atoms with Gasteiger partial charge in [-0.15, -0.1) is 0 Å². The van der Waals surface area contributed by atoms with Crippen LogP contribution in [-0.2, 0) is 0 Å². The van der Waals surface area contributed by atoms with Crippen LogP contribution in [0.2, 0.25) is 0 Å². The molecule has 0 saturated carbocycles. The van der Waals surface area contributed by atoms with Gasteiger partial charge in [0.05, 0.1) is 12.2 Å². The van der Waals surface area contributed by atoms with Crippen molar-refractivity contribution in [3.8, 4) is 0 Å². The maximum Gasteiger partial charge on any atom is 0.310 e. The quantitative estimate of drug-likeness (QED) is 0.674. The van der Waals surface area contributed by atoms with E-state index in [0.717, 1.165) is 19.5 Å². The molecule has 2 unspecified atom stereocenters. The van der Waals surface area contributed by atoms with E-state index in [4.69, 9.17) is 4.42 Å². The minimum absolute atomic E-state index is 0.0796. The number of nitrogens with one attached hydrogen (secondary N) is 1. The van der Waals surface area contributed by atoms with Crippen LogP contribution in [-0.4, -0.2) is 41.0 Å². The highest BCUT2D eigenvalue weighted by molar-refractivity contribution is 5.90. The molecule has 2 atom stereocenters. The van der Waals surface area contributed by atoms with Gasteiger partial charge in [0.25, 0.3) is 5.89 Å². The minimum Gasteiger partial charge on any atom is -0.441 e. The molecule has 3 heterocycles. The second kappa shape index (κ2) is 2.81. The summed E-state index contributed by atoms with van der Waals surface area (Å²) in [7, 11) is 0. The molecule has 5 nitrogen and oxygen atoms in total. The number of carbonyl (C=O) groups is 1. The van der Waals surface area contributed by atoms with Crippen LogP contribution in [0.25, 0.3) is 0 Å². The van der Waals surface area contributed by atoms with Crippen LogP contribution in [0.4, 0.5) is 0 Å². The Morgan fingerprint density at radius 1 is 1.71 bits per heavy atom. The molecule has 1 aromatic rings. The number of nitrogens with zero attached hydrogens (tertiary/aromatic N) is 2. The molecule has 74 valence electrons. The van der Waals surface area contributed by atoms with Crippen molar-refractivity contribution in [1.82, 2.24) is 15.2 Å². The van der Waals surface area contributed by atoms with Crippen molar-refractivity contribution in [1.29, 1.82) is 0 Å². The molecular formula is C9H11N3O2. The third-order valence-corrected chi connectivity index (χ3v) is 3.01. The molecule has 2 aliphatic heterocycles. The first-order valence-electron chi connectivity index (χ1n) is 4.80. The van der Waals surface area contributed by atoms with Gasteiger partial charge < -0.3 is 14.6 Å². The van der Waals surface area contributed by atoms with Crippen LogP contribution < -0.4 is 5.32 Å². The Morgan fingerprint density at radius 3 is 3.21 bits per heavy atom. The molecule has 0 spiro atoms. The summed E-state index contributed by atoms with van der Waals surface area (Å²) in [5.41, 5.74) is 0. The Hall–Kier alpha value is -1.36. The average molecular weight is 193 g/mol. The summed E-state index contributed by atoms with van der Waals surface area (Å²) < 4.78 is 4.99. The third kappa shape index (κ3) is 0.988. The molecule has 1 N–H and O–H groups in total. The zero-order chi connectivity index (χ0) is 9.54. The largest absolute Gasteiger partial charge is 0.441 e. The molecule has 14 heavy (non-hydrogen) atoms. The summed E-state index contributed by atoms with van der Waals surface area (Å²) >= 11 is 0. The number of amides is 1. The van der Waals surface area contributed by atoms with Gasteiger partial charge in [0, 0.05) is 19.1 Å². The highest BCUT2D eigenvalue weighted by Gasteiger charge is 2.43. The predicted molar refractivity (Wildman–Crippen MR) is 47.7 cm³/mol. The van der Waals surface area contributed by atoms with Gasteiger partial charge >= 0.3 is 5.91 Å². The highest BCUT2D eigenvalue weighted by atomic mass is 16.4. The zero-order valence-corrected chi connectivity index (χ0v) is 7.64. The molecule has 1 amide bonds. The first-order valence-corrected chi connectivity index (χ1v) is 4.80. The number of oxazole rings is 1. The lowest BCUT2D eigenvalue weighted by molar-refractivity contribution is 0.0638.